The Hall–Kier alpha value is -6.80. The zero-order chi connectivity index (χ0) is 32.7. The second-order valence-electron chi connectivity index (χ2n) is 10.9. The molecule has 0 radical (unpaired) electrons. The zero-order valence-electron chi connectivity index (χ0n) is 25.6. The third-order valence-electron chi connectivity index (χ3n) is 7.67. The second kappa shape index (κ2) is 13.7. The van der Waals surface area contributed by atoms with Crippen molar-refractivity contribution in [2.24, 2.45) is 30.4 Å². The molecule has 0 bridgehead atoms. The number of benzene rings is 7. The van der Waals surface area contributed by atoms with Gasteiger partial charge in [-0.3, -0.25) is 9.98 Å². The Labute approximate surface area is 276 Å². The summed E-state index contributed by atoms with van der Waals surface area (Å²) in [6.07, 6.45) is 3.12. The predicted octanol–water partition coefficient (Wildman–Crippen LogP) is 11.7. The maximum absolute atomic E-state index is 10.5. The van der Waals surface area contributed by atoms with Crippen LogP contribution in [-0.2, 0) is 0 Å². The minimum Gasteiger partial charge on any atom is -0.507 e. The van der Waals surface area contributed by atoms with Gasteiger partial charge in [0, 0.05) is 34.3 Å². The van der Waals surface area contributed by atoms with Gasteiger partial charge in [0.25, 0.3) is 0 Å². The fraction of sp³-hybridized carbons (Fsp3) is 0. The van der Waals surface area contributed by atoms with Crippen molar-refractivity contribution in [2.75, 3.05) is 0 Å². The van der Waals surface area contributed by atoms with E-state index >= 15 is 0 Å². The van der Waals surface area contributed by atoms with Crippen LogP contribution in [0.2, 0.25) is 0 Å². The lowest BCUT2D eigenvalue weighted by atomic mass is 10.1. The van der Waals surface area contributed by atoms with Crippen LogP contribution < -0.4 is 0 Å². The van der Waals surface area contributed by atoms with E-state index in [2.05, 4.69) is 30.4 Å². The molecule has 0 aromatic heterocycles. The smallest absolute Gasteiger partial charge is 0.124 e. The van der Waals surface area contributed by atoms with Gasteiger partial charge in [-0.25, -0.2) is 0 Å². The van der Waals surface area contributed by atoms with Crippen LogP contribution in [0.5, 0.6) is 11.5 Å². The topological polar surface area (TPSA) is 115 Å². The number of fused-ring (bicyclic) bond motifs is 2. The Morgan fingerprint density at radius 3 is 1.25 bits per heavy atom. The Morgan fingerprint density at radius 1 is 0.375 bits per heavy atom. The number of hydrogen-bond acceptors (Lipinski definition) is 8. The van der Waals surface area contributed by atoms with Crippen LogP contribution in [0.1, 0.15) is 11.1 Å². The molecule has 0 spiro atoms. The molecule has 0 amide bonds. The Kier molecular flexibility index (Phi) is 8.52. The van der Waals surface area contributed by atoms with E-state index < -0.39 is 0 Å². The van der Waals surface area contributed by atoms with Crippen molar-refractivity contribution >= 4 is 68.1 Å². The van der Waals surface area contributed by atoms with E-state index in [1.807, 2.05) is 109 Å². The molecular weight excluding hydrogens is 596 g/mol. The molecule has 8 nitrogen and oxygen atoms in total. The van der Waals surface area contributed by atoms with E-state index in [1.165, 1.54) is 0 Å². The van der Waals surface area contributed by atoms with Crippen molar-refractivity contribution < 1.29 is 10.2 Å². The Balaban J connectivity index is 1.11. The van der Waals surface area contributed by atoms with Gasteiger partial charge in [-0.2, -0.15) is 10.2 Å². The fourth-order valence-corrected chi connectivity index (χ4v) is 5.19. The van der Waals surface area contributed by atoms with Crippen LogP contribution in [0.4, 0.5) is 34.1 Å². The first kappa shape index (κ1) is 29.9. The summed E-state index contributed by atoms with van der Waals surface area (Å²) < 4.78 is 0. The maximum atomic E-state index is 10.5. The number of phenolic OH excluding ortho intramolecular Hbond substituents is 2. The number of rotatable bonds is 8. The van der Waals surface area contributed by atoms with Crippen LogP contribution in [0.15, 0.2) is 176 Å². The number of aliphatic imine (C=N–C) groups is 2. The van der Waals surface area contributed by atoms with Crippen molar-refractivity contribution in [3.05, 3.63) is 157 Å². The molecule has 7 aromatic rings. The number of para-hydroxylation sites is 2. The van der Waals surface area contributed by atoms with Gasteiger partial charge in [0.2, 0.25) is 0 Å². The van der Waals surface area contributed by atoms with E-state index in [0.717, 1.165) is 32.9 Å². The molecule has 48 heavy (non-hydrogen) atoms. The number of nitrogens with zero attached hydrogens (tertiary/aromatic N) is 6. The number of hydrogen-bond donors (Lipinski definition) is 2. The highest BCUT2D eigenvalue weighted by molar-refractivity contribution is 5.94. The van der Waals surface area contributed by atoms with Crippen molar-refractivity contribution in [2.45, 2.75) is 0 Å². The van der Waals surface area contributed by atoms with Crippen LogP contribution in [0, 0.1) is 0 Å². The van der Waals surface area contributed by atoms with Gasteiger partial charge < -0.3 is 10.2 Å². The molecule has 2 N–H and O–H groups in total. The molecule has 0 saturated carbocycles. The molecule has 0 aliphatic rings. The molecule has 0 atom stereocenters. The molecule has 7 rings (SSSR count). The summed E-state index contributed by atoms with van der Waals surface area (Å²) in [5, 5.41) is 43.0. The SMILES string of the molecule is Oc1ccc(N=Nc2cccc3ccccc23)cc1C=Nc1ccccc1N=Cc1cc(N=Nc2cccc3ccccc23)ccc1O. The lowest BCUT2D eigenvalue weighted by Crippen LogP contribution is -1.83. The lowest BCUT2D eigenvalue weighted by molar-refractivity contribution is 0.474. The highest BCUT2D eigenvalue weighted by Gasteiger charge is 2.06. The quantitative estimate of drug-likeness (QED) is 0.129. The molecule has 0 aliphatic carbocycles. The minimum absolute atomic E-state index is 0.0586. The van der Waals surface area contributed by atoms with Gasteiger partial charge in [-0.05, 0) is 71.4 Å². The van der Waals surface area contributed by atoms with Crippen molar-refractivity contribution in [3.8, 4) is 11.5 Å². The highest BCUT2D eigenvalue weighted by atomic mass is 16.3. The largest absolute Gasteiger partial charge is 0.507 e. The average molecular weight is 625 g/mol. The monoisotopic (exact) mass is 624 g/mol. The van der Waals surface area contributed by atoms with E-state index in [-0.39, 0.29) is 11.5 Å². The summed E-state index contributed by atoms with van der Waals surface area (Å²) in [6.45, 7) is 0. The first-order valence-electron chi connectivity index (χ1n) is 15.2. The van der Waals surface area contributed by atoms with Crippen LogP contribution in [0.25, 0.3) is 21.5 Å². The summed E-state index contributed by atoms with van der Waals surface area (Å²) in [7, 11) is 0. The molecule has 0 aliphatic heterocycles. The van der Waals surface area contributed by atoms with Gasteiger partial charge >= 0.3 is 0 Å². The first-order valence-corrected chi connectivity index (χ1v) is 15.2. The molecular formula is C40H28N6O2. The third-order valence-corrected chi connectivity index (χ3v) is 7.67. The average Bonchev–Trinajstić information content (AvgIpc) is 3.13. The van der Waals surface area contributed by atoms with Crippen molar-refractivity contribution in [1.82, 2.24) is 0 Å². The summed E-state index contributed by atoms with van der Waals surface area (Å²) in [5.41, 5.74) is 4.75. The standard InChI is InChI=1S/C40H28N6O2/c47-39-21-19-31(43-45-35-17-7-11-27-9-1-3-13-33(27)35)23-29(39)25-41-37-15-5-6-16-38(37)42-26-30-24-32(20-22-40(30)48)44-46-36-18-8-12-28-10-2-4-14-34(28)36/h1-26,47-48H. The zero-order valence-corrected chi connectivity index (χ0v) is 25.6. The summed E-state index contributed by atoms with van der Waals surface area (Å²) in [4.78, 5) is 9.22. The van der Waals surface area contributed by atoms with Crippen LogP contribution in [-0.4, -0.2) is 22.6 Å². The van der Waals surface area contributed by atoms with Gasteiger partial charge in [0.15, 0.2) is 0 Å². The number of azo groups is 2. The normalized spacial score (nSPS) is 12.0. The summed E-state index contributed by atoms with van der Waals surface area (Å²) >= 11 is 0. The highest BCUT2D eigenvalue weighted by Crippen LogP contribution is 2.32. The number of phenols is 2. The molecule has 0 heterocycles. The molecule has 230 valence electrons. The summed E-state index contributed by atoms with van der Waals surface area (Å²) in [6, 6.07) is 45.1. The first-order chi connectivity index (χ1) is 23.6. The number of aromatic hydroxyl groups is 2. The van der Waals surface area contributed by atoms with Gasteiger partial charge in [-0.15, -0.1) is 10.2 Å². The van der Waals surface area contributed by atoms with Gasteiger partial charge in [0.05, 0.1) is 34.1 Å². The summed E-state index contributed by atoms with van der Waals surface area (Å²) in [5.74, 6) is 0.117. The molecule has 0 fully saturated rings. The fourth-order valence-electron chi connectivity index (χ4n) is 5.19. The Bertz CT molecular complexity index is 2220. The third kappa shape index (κ3) is 6.73. The molecule has 8 heteroatoms. The van der Waals surface area contributed by atoms with Crippen molar-refractivity contribution in [3.63, 3.8) is 0 Å². The van der Waals surface area contributed by atoms with Crippen LogP contribution in [0.3, 0.4) is 0 Å². The molecule has 0 unspecified atom stereocenters. The van der Waals surface area contributed by atoms with Gasteiger partial charge in [-0.1, -0.05) is 84.9 Å². The van der Waals surface area contributed by atoms with Crippen LogP contribution >= 0.6 is 0 Å². The van der Waals surface area contributed by atoms with E-state index in [1.54, 1.807) is 48.8 Å². The maximum Gasteiger partial charge on any atom is 0.124 e. The molecule has 0 saturated heterocycles. The van der Waals surface area contributed by atoms with E-state index in [9.17, 15) is 10.2 Å². The minimum atomic E-state index is 0.0586. The van der Waals surface area contributed by atoms with E-state index in [0.29, 0.717) is 33.9 Å². The Morgan fingerprint density at radius 2 is 0.771 bits per heavy atom. The van der Waals surface area contributed by atoms with Crippen molar-refractivity contribution in [1.29, 1.82) is 0 Å². The van der Waals surface area contributed by atoms with Gasteiger partial charge in [0.1, 0.15) is 11.5 Å². The predicted molar refractivity (Wildman–Crippen MR) is 193 cm³/mol. The lowest BCUT2D eigenvalue weighted by Gasteiger charge is -2.04. The second-order valence-corrected chi connectivity index (χ2v) is 10.9. The molecule has 7 aromatic carbocycles. The van der Waals surface area contributed by atoms with E-state index in [4.69, 9.17) is 0 Å².